The second-order valence-electron chi connectivity index (χ2n) is 7.84. The zero-order valence-corrected chi connectivity index (χ0v) is 18.3. The van der Waals surface area contributed by atoms with Crippen LogP contribution >= 0.6 is 0 Å². The van der Waals surface area contributed by atoms with E-state index < -0.39 is 0 Å². The zero-order chi connectivity index (χ0) is 22.9. The minimum absolute atomic E-state index is 0.0185. The lowest BCUT2D eigenvalue weighted by Crippen LogP contribution is -2.31. The van der Waals surface area contributed by atoms with E-state index in [0.29, 0.717) is 28.6 Å². The number of aromatic nitrogens is 3. The predicted octanol–water partition coefficient (Wildman–Crippen LogP) is 3.76. The van der Waals surface area contributed by atoms with Crippen LogP contribution in [0.2, 0.25) is 0 Å². The number of nitrogens with zero attached hydrogens (tertiary/aromatic N) is 5. The van der Waals surface area contributed by atoms with Crippen LogP contribution in [-0.4, -0.2) is 32.0 Å². The van der Waals surface area contributed by atoms with E-state index in [1.807, 2.05) is 78.5 Å². The summed E-state index contributed by atoms with van der Waals surface area (Å²) >= 11 is 0. The number of carbonyl (C=O) groups is 2. The van der Waals surface area contributed by atoms with Crippen LogP contribution in [0.5, 0.6) is 0 Å². The van der Waals surface area contributed by atoms with Crippen LogP contribution in [0.25, 0.3) is 11.5 Å². The lowest BCUT2D eigenvalue weighted by Gasteiger charge is -2.11. The number of carbonyl (C=O) groups excluding carboxylic acids is 2. The van der Waals surface area contributed by atoms with Crippen molar-refractivity contribution in [2.24, 2.45) is 5.10 Å². The molecule has 0 spiro atoms. The third-order valence-corrected chi connectivity index (χ3v) is 5.42. The fourth-order valence-electron chi connectivity index (χ4n) is 3.82. The van der Waals surface area contributed by atoms with Crippen molar-refractivity contribution in [3.05, 3.63) is 95.9 Å². The molecule has 0 atom stereocenters. The maximum atomic E-state index is 13.4. The lowest BCUT2D eigenvalue weighted by molar-refractivity contribution is -0.116. The van der Waals surface area contributed by atoms with Crippen LogP contribution in [0.1, 0.15) is 28.0 Å². The molecule has 0 aliphatic carbocycles. The standard InChI is InChI=1S/C25H22N6O2/c1-17-10-12-20(13-11-17)31-25(29-14-6-7-15-29)23(18(2)27-31)24(33)26-21-16-22(32)30(28-21)19-8-4-3-5-9-19/h3-15H,16H2,1-2H3,(H,26,28,33). The van der Waals surface area contributed by atoms with Crippen molar-refractivity contribution in [1.82, 2.24) is 19.7 Å². The van der Waals surface area contributed by atoms with Crippen molar-refractivity contribution in [2.45, 2.75) is 20.3 Å². The zero-order valence-electron chi connectivity index (χ0n) is 18.3. The Morgan fingerprint density at radius 3 is 2.30 bits per heavy atom. The van der Waals surface area contributed by atoms with Gasteiger partial charge in [0.15, 0.2) is 5.82 Å². The highest BCUT2D eigenvalue weighted by molar-refractivity contribution is 6.18. The van der Waals surface area contributed by atoms with Gasteiger partial charge in [-0.25, -0.2) is 4.68 Å². The Hall–Kier alpha value is -4.46. The normalized spacial score (nSPS) is 13.3. The largest absolute Gasteiger partial charge is 0.308 e. The van der Waals surface area contributed by atoms with Gasteiger partial charge in [-0.3, -0.25) is 9.59 Å². The number of para-hydroxylation sites is 1. The van der Waals surface area contributed by atoms with Gasteiger partial charge in [0.05, 0.1) is 23.5 Å². The number of amides is 2. The molecule has 2 aromatic carbocycles. The molecule has 0 saturated heterocycles. The highest BCUT2D eigenvalue weighted by Crippen LogP contribution is 2.24. The van der Waals surface area contributed by atoms with Gasteiger partial charge in [0, 0.05) is 12.4 Å². The highest BCUT2D eigenvalue weighted by atomic mass is 16.2. The van der Waals surface area contributed by atoms with E-state index in [1.54, 1.807) is 23.7 Å². The van der Waals surface area contributed by atoms with Gasteiger partial charge in [-0.1, -0.05) is 35.9 Å². The summed E-state index contributed by atoms with van der Waals surface area (Å²) in [6.07, 6.45) is 3.75. The van der Waals surface area contributed by atoms with Crippen LogP contribution in [-0.2, 0) is 4.79 Å². The molecule has 164 valence electrons. The van der Waals surface area contributed by atoms with E-state index in [9.17, 15) is 9.59 Å². The molecule has 1 aliphatic heterocycles. The highest BCUT2D eigenvalue weighted by Gasteiger charge is 2.29. The minimum Gasteiger partial charge on any atom is -0.308 e. The molecule has 2 amide bonds. The Morgan fingerprint density at radius 1 is 0.909 bits per heavy atom. The molecule has 33 heavy (non-hydrogen) atoms. The van der Waals surface area contributed by atoms with E-state index in [1.165, 1.54) is 5.01 Å². The monoisotopic (exact) mass is 438 g/mol. The number of amidine groups is 1. The number of benzene rings is 2. The van der Waals surface area contributed by atoms with Crippen LogP contribution in [0.15, 0.2) is 84.2 Å². The van der Waals surface area contributed by atoms with Gasteiger partial charge in [-0.05, 0) is 50.2 Å². The molecule has 8 heteroatoms. The summed E-state index contributed by atoms with van der Waals surface area (Å²) in [6.45, 7) is 3.82. The summed E-state index contributed by atoms with van der Waals surface area (Å²) in [4.78, 5) is 25.9. The van der Waals surface area contributed by atoms with Crippen molar-refractivity contribution in [1.29, 1.82) is 0 Å². The van der Waals surface area contributed by atoms with Gasteiger partial charge in [0.2, 0.25) is 0 Å². The van der Waals surface area contributed by atoms with Gasteiger partial charge in [0.1, 0.15) is 11.4 Å². The lowest BCUT2D eigenvalue weighted by atomic mass is 10.2. The smallest absolute Gasteiger partial charge is 0.262 e. The van der Waals surface area contributed by atoms with Crippen LogP contribution < -0.4 is 10.3 Å². The Balaban J connectivity index is 1.51. The quantitative estimate of drug-likeness (QED) is 0.527. The molecule has 0 fully saturated rings. The van der Waals surface area contributed by atoms with E-state index in [2.05, 4.69) is 15.5 Å². The maximum Gasteiger partial charge on any atom is 0.262 e. The molecule has 0 radical (unpaired) electrons. The topological polar surface area (TPSA) is 84.5 Å². The van der Waals surface area contributed by atoms with Crippen molar-refractivity contribution >= 4 is 23.3 Å². The van der Waals surface area contributed by atoms with Crippen LogP contribution in [0, 0.1) is 13.8 Å². The Bertz CT molecular complexity index is 1350. The SMILES string of the molecule is Cc1ccc(-n2nc(C)c(C(=O)NC3=NN(c4ccccc4)C(=O)C3)c2-n2cccc2)cc1. The predicted molar refractivity (Wildman–Crippen MR) is 126 cm³/mol. The van der Waals surface area contributed by atoms with Gasteiger partial charge in [0.25, 0.3) is 11.8 Å². The summed E-state index contributed by atoms with van der Waals surface area (Å²) in [5.74, 6) is 0.351. The number of aryl methyl sites for hydroxylation is 2. The third kappa shape index (κ3) is 3.82. The maximum absolute atomic E-state index is 13.4. The first-order valence-corrected chi connectivity index (χ1v) is 10.6. The van der Waals surface area contributed by atoms with Gasteiger partial charge in [-0.2, -0.15) is 15.2 Å². The van der Waals surface area contributed by atoms with Gasteiger partial charge < -0.3 is 9.88 Å². The fourth-order valence-corrected chi connectivity index (χ4v) is 3.82. The molecule has 2 aromatic heterocycles. The molecule has 8 nitrogen and oxygen atoms in total. The minimum atomic E-state index is -0.365. The molecule has 1 N–H and O–H groups in total. The summed E-state index contributed by atoms with van der Waals surface area (Å²) < 4.78 is 3.61. The Kier molecular flexibility index (Phi) is 5.10. The first-order chi connectivity index (χ1) is 16.0. The number of nitrogens with one attached hydrogen (secondary N) is 1. The first kappa shape index (κ1) is 20.4. The number of hydrogen-bond acceptors (Lipinski definition) is 4. The third-order valence-electron chi connectivity index (χ3n) is 5.42. The van der Waals surface area contributed by atoms with Crippen molar-refractivity contribution in [2.75, 3.05) is 5.01 Å². The Labute approximate surface area is 190 Å². The number of hydrazone groups is 1. The fraction of sp³-hybridized carbons (Fsp3) is 0.120. The van der Waals surface area contributed by atoms with Crippen molar-refractivity contribution in [3.8, 4) is 11.5 Å². The van der Waals surface area contributed by atoms with Crippen molar-refractivity contribution in [3.63, 3.8) is 0 Å². The molecule has 0 bridgehead atoms. The summed E-state index contributed by atoms with van der Waals surface area (Å²) in [5, 5.41) is 13.1. The van der Waals surface area contributed by atoms with E-state index >= 15 is 0 Å². The van der Waals surface area contributed by atoms with Crippen molar-refractivity contribution < 1.29 is 9.59 Å². The average Bonchev–Trinajstić information content (AvgIpc) is 3.54. The van der Waals surface area contributed by atoms with E-state index in [0.717, 1.165) is 11.3 Å². The summed E-state index contributed by atoms with van der Waals surface area (Å²) in [7, 11) is 0. The summed E-state index contributed by atoms with van der Waals surface area (Å²) in [6, 6.07) is 20.8. The van der Waals surface area contributed by atoms with Gasteiger partial charge >= 0.3 is 0 Å². The van der Waals surface area contributed by atoms with Crippen LogP contribution in [0.3, 0.4) is 0 Å². The second kappa shape index (κ2) is 8.23. The molecular weight excluding hydrogens is 416 g/mol. The van der Waals surface area contributed by atoms with E-state index in [-0.39, 0.29) is 18.2 Å². The Morgan fingerprint density at radius 2 is 1.61 bits per heavy atom. The molecule has 1 aliphatic rings. The second-order valence-corrected chi connectivity index (χ2v) is 7.84. The molecule has 0 unspecified atom stereocenters. The molecular formula is C25H22N6O2. The van der Waals surface area contributed by atoms with Crippen LogP contribution in [0.4, 0.5) is 5.69 Å². The average molecular weight is 438 g/mol. The first-order valence-electron chi connectivity index (χ1n) is 10.6. The van der Waals surface area contributed by atoms with Gasteiger partial charge in [-0.15, -0.1) is 0 Å². The molecule has 3 heterocycles. The molecule has 0 saturated carbocycles. The summed E-state index contributed by atoms with van der Waals surface area (Å²) in [5.41, 5.74) is 3.62. The van der Waals surface area contributed by atoms with E-state index in [4.69, 9.17) is 0 Å². The number of hydrogen-bond donors (Lipinski definition) is 1. The molecule has 4 aromatic rings. The number of rotatable bonds is 4. The molecule has 5 rings (SSSR count). The number of anilines is 1.